The van der Waals surface area contributed by atoms with Gasteiger partial charge in [0.2, 0.25) is 0 Å². The molecule has 1 saturated heterocycles. The molecule has 0 saturated carbocycles. The smallest absolute Gasteiger partial charge is 0.0534 e. The van der Waals surface area contributed by atoms with Crippen LogP contribution in [0.3, 0.4) is 0 Å². The molecule has 4 heteroatoms. The van der Waals surface area contributed by atoms with Crippen molar-refractivity contribution in [1.29, 1.82) is 0 Å². The van der Waals surface area contributed by atoms with Crippen molar-refractivity contribution in [1.82, 2.24) is 14.7 Å². The molecule has 1 aliphatic rings. The molecule has 2 heterocycles. The number of likely N-dealkylation sites (tertiary alicyclic amines) is 1. The molecule has 1 aromatic rings. The molecule has 1 aliphatic heterocycles. The Kier molecular flexibility index (Phi) is 2.84. The van der Waals surface area contributed by atoms with Gasteiger partial charge in [-0.1, -0.05) is 0 Å². The van der Waals surface area contributed by atoms with Gasteiger partial charge >= 0.3 is 0 Å². The minimum atomic E-state index is 0.719. The fraction of sp³-hybridized carbons (Fsp3) is 0.700. The summed E-state index contributed by atoms with van der Waals surface area (Å²) in [7, 11) is 0. The fourth-order valence-corrected chi connectivity index (χ4v) is 1.87. The van der Waals surface area contributed by atoms with Crippen molar-refractivity contribution in [2.45, 2.75) is 20.0 Å². The van der Waals surface area contributed by atoms with Crippen molar-refractivity contribution in [2.75, 3.05) is 19.6 Å². The molecule has 4 nitrogen and oxygen atoms in total. The van der Waals surface area contributed by atoms with E-state index in [1.54, 1.807) is 0 Å². The molecule has 1 aromatic heterocycles. The van der Waals surface area contributed by atoms with E-state index in [-0.39, 0.29) is 0 Å². The first-order valence-corrected chi connectivity index (χ1v) is 5.25. The average molecular weight is 194 g/mol. The summed E-state index contributed by atoms with van der Waals surface area (Å²) in [5.74, 6) is 0.719. The molecular formula is C10H18N4. The van der Waals surface area contributed by atoms with Crippen molar-refractivity contribution in [2.24, 2.45) is 11.7 Å². The van der Waals surface area contributed by atoms with E-state index < -0.39 is 0 Å². The summed E-state index contributed by atoms with van der Waals surface area (Å²) >= 11 is 0. The van der Waals surface area contributed by atoms with Crippen LogP contribution in [-0.4, -0.2) is 34.3 Å². The number of nitrogens with zero attached hydrogens (tertiary/aromatic N) is 3. The summed E-state index contributed by atoms with van der Waals surface area (Å²) in [5.41, 5.74) is 6.88. The summed E-state index contributed by atoms with van der Waals surface area (Å²) < 4.78 is 1.97. The topological polar surface area (TPSA) is 47.1 Å². The fourth-order valence-electron chi connectivity index (χ4n) is 1.87. The van der Waals surface area contributed by atoms with Crippen LogP contribution in [0.15, 0.2) is 12.4 Å². The van der Waals surface area contributed by atoms with Crippen LogP contribution in [0.2, 0.25) is 0 Å². The predicted octanol–water partition coefficient (Wildman–Crippen LogP) is 0.293. The lowest BCUT2D eigenvalue weighted by Gasteiger charge is -2.38. The van der Waals surface area contributed by atoms with Crippen LogP contribution in [0.1, 0.15) is 12.5 Å². The number of nitrogens with two attached hydrogens (primary N) is 1. The van der Waals surface area contributed by atoms with E-state index in [0.29, 0.717) is 0 Å². The molecule has 0 aliphatic carbocycles. The summed E-state index contributed by atoms with van der Waals surface area (Å²) in [6, 6.07) is 0. The average Bonchev–Trinajstić information content (AvgIpc) is 2.58. The number of aromatic nitrogens is 2. The van der Waals surface area contributed by atoms with Gasteiger partial charge in [-0.25, -0.2) is 0 Å². The Labute approximate surface area is 84.7 Å². The molecule has 0 amide bonds. The van der Waals surface area contributed by atoms with Crippen LogP contribution in [-0.2, 0) is 13.1 Å². The van der Waals surface area contributed by atoms with E-state index in [1.165, 1.54) is 5.56 Å². The minimum absolute atomic E-state index is 0.719. The van der Waals surface area contributed by atoms with E-state index in [1.807, 2.05) is 10.9 Å². The van der Waals surface area contributed by atoms with Crippen molar-refractivity contribution in [3.63, 3.8) is 0 Å². The van der Waals surface area contributed by atoms with Gasteiger partial charge in [0.15, 0.2) is 0 Å². The second-order valence-corrected chi connectivity index (χ2v) is 4.00. The zero-order valence-electron chi connectivity index (χ0n) is 8.69. The molecule has 14 heavy (non-hydrogen) atoms. The highest BCUT2D eigenvalue weighted by Crippen LogP contribution is 2.16. The highest BCUT2D eigenvalue weighted by molar-refractivity contribution is 5.04. The van der Waals surface area contributed by atoms with Crippen LogP contribution < -0.4 is 5.73 Å². The monoisotopic (exact) mass is 194 g/mol. The maximum absolute atomic E-state index is 5.57. The maximum Gasteiger partial charge on any atom is 0.0534 e. The Hall–Kier alpha value is -0.870. The Morgan fingerprint density at radius 3 is 2.93 bits per heavy atom. The van der Waals surface area contributed by atoms with Crippen LogP contribution in [0, 0.1) is 5.92 Å². The highest BCUT2D eigenvalue weighted by Gasteiger charge is 2.25. The minimum Gasteiger partial charge on any atom is -0.330 e. The second-order valence-electron chi connectivity index (χ2n) is 4.00. The maximum atomic E-state index is 5.57. The third-order valence-electron chi connectivity index (χ3n) is 2.78. The highest BCUT2D eigenvalue weighted by atomic mass is 15.3. The van der Waals surface area contributed by atoms with Gasteiger partial charge in [0.25, 0.3) is 0 Å². The zero-order chi connectivity index (χ0) is 9.97. The van der Waals surface area contributed by atoms with E-state index in [2.05, 4.69) is 23.1 Å². The van der Waals surface area contributed by atoms with Crippen LogP contribution in [0.4, 0.5) is 0 Å². The third kappa shape index (κ3) is 1.96. The SMILES string of the molecule is CCn1cc(CN2CC(CN)C2)cn1. The Bertz CT molecular complexity index is 288. The van der Waals surface area contributed by atoms with E-state index in [9.17, 15) is 0 Å². The molecule has 2 rings (SSSR count). The lowest BCUT2D eigenvalue weighted by atomic mass is 10.0. The summed E-state index contributed by atoms with van der Waals surface area (Å²) in [6.45, 7) is 7.19. The van der Waals surface area contributed by atoms with E-state index >= 15 is 0 Å². The quantitative estimate of drug-likeness (QED) is 0.749. The Morgan fingerprint density at radius 1 is 1.57 bits per heavy atom. The lowest BCUT2D eigenvalue weighted by molar-refractivity contribution is 0.0979. The molecular weight excluding hydrogens is 176 g/mol. The summed E-state index contributed by atoms with van der Waals surface area (Å²) in [6.07, 6.45) is 4.08. The van der Waals surface area contributed by atoms with Gasteiger partial charge in [-0.15, -0.1) is 0 Å². The largest absolute Gasteiger partial charge is 0.330 e. The van der Waals surface area contributed by atoms with E-state index in [0.717, 1.165) is 38.6 Å². The third-order valence-corrected chi connectivity index (χ3v) is 2.78. The standard InChI is InChI=1S/C10H18N4/c1-2-14-8-10(4-12-14)7-13-5-9(3-11)6-13/h4,8-9H,2-3,5-7,11H2,1H3. The van der Waals surface area contributed by atoms with Crippen LogP contribution in [0.25, 0.3) is 0 Å². The summed E-state index contributed by atoms with van der Waals surface area (Å²) in [5, 5.41) is 4.25. The van der Waals surface area contributed by atoms with E-state index in [4.69, 9.17) is 5.73 Å². The first-order valence-electron chi connectivity index (χ1n) is 5.25. The molecule has 1 fully saturated rings. The van der Waals surface area contributed by atoms with Gasteiger partial charge in [0.1, 0.15) is 0 Å². The molecule has 0 atom stereocenters. The normalized spacial score (nSPS) is 18.4. The molecule has 2 N–H and O–H groups in total. The van der Waals surface area contributed by atoms with Gasteiger partial charge in [-0.2, -0.15) is 5.10 Å². The lowest BCUT2D eigenvalue weighted by Crippen LogP contribution is -2.48. The number of aryl methyl sites for hydroxylation is 1. The molecule has 0 radical (unpaired) electrons. The van der Waals surface area contributed by atoms with Crippen molar-refractivity contribution in [3.05, 3.63) is 18.0 Å². The first kappa shape index (κ1) is 9.68. The molecule has 78 valence electrons. The van der Waals surface area contributed by atoms with Crippen molar-refractivity contribution < 1.29 is 0 Å². The Balaban J connectivity index is 1.81. The molecule has 0 unspecified atom stereocenters. The number of hydrogen-bond acceptors (Lipinski definition) is 3. The van der Waals surface area contributed by atoms with Crippen LogP contribution >= 0.6 is 0 Å². The molecule has 0 bridgehead atoms. The van der Waals surface area contributed by atoms with Crippen molar-refractivity contribution in [3.8, 4) is 0 Å². The predicted molar refractivity (Wildman–Crippen MR) is 55.7 cm³/mol. The first-order chi connectivity index (χ1) is 6.81. The zero-order valence-corrected chi connectivity index (χ0v) is 8.69. The van der Waals surface area contributed by atoms with Gasteiger partial charge in [0.05, 0.1) is 6.20 Å². The van der Waals surface area contributed by atoms with Crippen LogP contribution in [0.5, 0.6) is 0 Å². The number of hydrogen-bond donors (Lipinski definition) is 1. The van der Waals surface area contributed by atoms with Crippen molar-refractivity contribution >= 4 is 0 Å². The van der Waals surface area contributed by atoms with Gasteiger partial charge < -0.3 is 5.73 Å². The molecule has 0 spiro atoms. The van der Waals surface area contributed by atoms with Gasteiger partial charge in [0, 0.05) is 37.9 Å². The molecule has 0 aromatic carbocycles. The summed E-state index contributed by atoms with van der Waals surface area (Å²) in [4.78, 5) is 2.41. The van der Waals surface area contributed by atoms with Gasteiger partial charge in [-0.05, 0) is 19.4 Å². The Morgan fingerprint density at radius 2 is 2.36 bits per heavy atom. The van der Waals surface area contributed by atoms with Gasteiger partial charge in [-0.3, -0.25) is 9.58 Å². The second kappa shape index (κ2) is 4.11. The number of rotatable bonds is 4.